The largest absolute Gasteiger partial charge is 0.497 e. The second-order valence-electron chi connectivity index (χ2n) is 19.1. The number of halogens is 2. The van der Waals surface area contributed by atoms with Gasteiger partial charge in [0.15, 0.2) is 5.60 Å². The van der Waals surface area contributed by atoms with Crippen LogP contribution in [-0.2, 0) is 29.1 Å². The first-order valence-corrected chi connectivity index (χ1v) is 24.1. The molecule has 2 aliphatic carbocycles. The van der Waals surface area contributed by atoms with Gasteiger partial charge in [0.05, 0.1) is 42.6 Å². The lowest BCUT2D eigenvalue weighted by Crippen LogP contribution is -2.59. The lowest BCUT2D eigenvalue weighted by atomic mass is 9.88. The molecule has 4 heterocycles. The number of aromatic nitrogens is 2. The quantitative estimate of drug-likeness (QED) is 0.167. The van der Waals surface area contributed by atoms with Crippen LogP contribution in [0, 0.1) is 17.8 Å². The van der Waals surface area contributed by atoms with Crippen molar-refractivity contribution in [2.75, 3.05) is 13.7 Å². The van der Waals surface area contributed by atoms with Crippen molar-refractivity contribution in [3.63, 3.8) is 0 Å². The zero-order valence-electron chi connectivity index (χ0n) is 38.6. The highest BCUT2D eigenvalue weighted by Gasteiger charge is 2.62. The van der Waals surface area contributed by atoms with E-state index < -0.39 is 86.2 Å². The van der Waals surface area contributed by atoms with Crippen molar-refractivity contribution in [2.45, 2.75) is 140 Å². The number of nitrogens with zero attached hydrogens (tertiary/aromatic N) is 3. The molecule has 7 atom stereocenters. The average Bonchev–Trinajstić information content (AvgIpc) is 4.17. The molecule has 66 heavy (non-hydrogen) atoms. The van der Waals surface area contributed by atoms with Crippen LogP contribution in [0.15, 0.2) is 54.7 Å². The van der Waals surface area contributed by atoms with Crippen LogP contribution in [0.25, 0.3) is 22.2 Å². The number of carbonyl (C=O) groups excluding carboxylic acids is 4. The number of benzene rings is 1. The van der Waals surface area contributed by atoms with Crippen LogP contribution in [-0.4, -0.2) is 107 Å². The van der Waals surface area contributed by atoms with Gasteiger partial charge in [0, 0.05) is 24.6 Å². The van der Waals surface area contributed by atoms with Crippen LogP contribution in [0.5, 0.6) is 17.4 Å². The zero-order valence-corrected chi connectivity index (χ0v) is 39.4. The van der Waals surface area contributed by atoms with Crippen LogP contribution in [0.4, 0.5) is 13.6 Å². The summed E-state index contributed by atoms with van der Waals surface area (Å²) in [6.45, 7) is 10.1. The van der Waals surface area contributed by atoms with Gasteiger partial charge in [-0.3, -0.25) is 24.1 Å². The molecular weight excluding hydrogens is 879 g/mol. The maximum absolute atomic E-state index is 15.1. The maximum atomic E-state index is 15.1. The summed E-state index contributed by atoms with van der Waals surface area (Å²) in [7, 11) is -2.45. The third-order valence-corrected chi connectivity index (χ3v) is 14.8. The van der Waals surface area contributed by atoms with Crippen LogP contribution >= 0.6 is 0 Å². The number of fused-ring (bicyclic) bond motifs is 3. The van der Waals surface area contributed by atoms with Gasteiger partial charge < -0.3 is 34.5 Å². The Morgan fingerprint density at radius 2 is 1.73 bits per heavy atom. The third-order valence-electron chi connectivity index (χ3n) is 12.9. The van der Waals surface area contributed by atoms with Gasteiger partial charge in [-0.2, -0.15) is 0 Å². The van der Waals surface area contributed by atoms with Gasteiger partial charge in [0.25, 0.3) is 11.8 Å². The van der Waals surface area contributed by atoms with E-state index in [1.807, 2.05) is 39.0 Å². The topological polar surface area (TPSA) is 204 Å². The van der Waals surface area contributed by atoms with Crippen molar-refractivity contribution in [3.05, 3.63) is 54.7 Å². The molecular formula is C47H60F2N6O10S. The van der Waals surface area contributed by atoms with Crippen molar-refractivity contribution in [2.24, 2.45) is 17.8 Å². The van der Waals surface area contributed by atoms with E-state index in [2.05, 4.69) is 20.3 Å². The first-order valence-electron chi connectivity index (χ1n) is 22.5. The van der Waals surface area contributed by atoms with E-state index in [0.29, 0.717) is 72.7 Å². The molecule has 1 saturated heterocycles. The summed E-state index contributed by atoms with van der Waals surface area (Å²) >= 11 is 0. The number of ether oxygens (including phenoxy) is 4. The number of alkyl carbamates (subject to hydrolysis) is 1. The van der Waals surface area contributed by atoms with E-state index in [1.54, 1.807) is 50.6 Å². The highest BCUT2D eigenvalue weighted by Crippen LogP contribution is 2.46. The third kappa shape index (κ3) is 10.7. The number of carbonyl (C=O) groups is 4. The molecule has 2 saturated carbocycles. The predicted molar refractivity (Wildman–Crippen MR) is 240 cm³/mol. The molecule has 0 radical (unpaired) electrons. The summed E-state index contributed by atoms with van der Waals surface area (Å²) in [5, 5.41) is 5.99. The minimum Gasteiger partial charge on any atom is -0.497 e. The Morgan fingerprint density at radius 1 is 1.00 bits per heavy atom. The van der Waals surface area contributed by atoms with Gasteiger partial charge in [-0.1, -0.05) is 26.0 Å². The normalized spacial score (nSPS) is 26.8. The van der Waals surface area contributed by atoms with Crippen molar-refractivity contribution in [3.8, 4) is 28.8 Å². The monoisotopic (exact) mass is 938 g/mol. The Hall–Kier alpha value is -5.59. The van der Waals surface area contributed by atoms with Crippen molar-refractivity contribution in [1.29, 1.82) is 0 Å². The molecule has 358 valence electrons. The molecule has 2 aromatic heterocycles. The predicted octanol–water partition coefficient (Wildman–Crippen LogP) is 6.47. The van der Waals surface area contributed by atoms with Crippen LogP contribution < -0.4 is 29.6 Å². The lowest BCUT2D eigenvalue weighted by molar-refractivity contribution is -0.152. The van der Waals surface area contributed by atoms with Gasteiger partial charge in [0.2, 0.25) is 27.7 Å². The number of methoxy groups -OCH3 is 1. The molecule has 16 nitrogen and oxygen atoms in total. The number of amides is 4. The van der Waals surface area contributed by atoms with E-state index >= 15 is 4.79 Å². The van der Waals surface area contributed by atoms with Crippen molar-refractivity contribution >= 4 is 44.6 Å². The van der Waals surface area contributed by atoms with Gasteiger partial charge in [-0.25, -0.2) is 27.0 Å². The summed E-state index contributed by atoms with van der Waals surface area (Å²) in [6.07, 6.45) is 5.55. The van der Waals surface area contributed by atoms with E-state index in [4.69, 9.17) is 23.9 Å². The molecule has 2 aliphatic heterocycles. The fourth-order valence-electron chi connectivity index (χ4n) is 8.56. The van der Waals surface area contributed by atoms with E-state index in [-0.39, 0.29) is 37.3 Å². The standard InChI is InChI=1S/C47H60F2N6O10S/c1-26(2)63-32-14-18-36(50-24-32)37-21-29-20-31(62-8)13-17-35(29)41(51-37)64-33-22-38-40(56)53-47(43(58)54-66(60,61)34-15-16-34)23-30(47)12-10-9-11-27(3)19-28(4)39(42(57)55(38)25-33)52-44(59)65-45(5,6)46(7,48)49/h10,12-14,17-18,20-21,24,26-28,30,33-34,38-39H,9,11,15-16,19,22-23,25H2,1-8H3,(H,52,59)(H,53,56)(H,54,58)/b12-10-/t27-,28-,30-,33-,38+,39+,47-/m1/s1. The molecule has 4 amide bonds. The minimum absolute atomic E-state index is 0.000784. The molecule has 3 aromatic rings. The summed E-state index contributed by atoms with van der Waals surface area (Å²) in [6, 6.07) is 8.02. The molecule has 19 heteroatoms. The highest BCUT2D eigenvalue weighted by molar-refractivity contribution is 7.91. The molecule has 0 spiro atoms. The number of nitrogens with one attached hydrogen (secondary N) is 3. The molecule has 3 fully saturated rings. The van der Waals surface area contributed by atoms with Gasteiger partial charge >= 0.3 is 6.09 Å². The second-order valence-corrected chi connectivity index (χ2v) is 21.1. The SMILES string of the molecule is COc1ccc2c(O[C@@H]3C[C@H]4C(=O)N[C@]5(C(=O)NS(=O)(=O)C6CC6)C[C@H]5/C=C\CC[C@@H](C)C[C@@H](C)[C@H](NC(=O)OC(C)(C)C(C)(F)F)C(=O)N4C3)nc(-c3ccc(OC(C)C)cn3)cc2c1. The molecule has 4 aliphatic rings. The van der Waals surface area contributed by atoms with E-state index in [0.717, 1.165) is 13.8 Å². The van der Waals surface area contributed by atoms with Gasteiger partial charge in [-0.05, 0) is 120 Å². The first kappa shape index (κ1) is 48.3. The number of pyridine rings is 2. The Balaban J connectivity index is 1.26. The van der Waals surface area contributed by atoms with Gasteiger partial charge in [-0.15, -0.1) is 0 Å². The van der Waals surface area contributed by atoms with Crippen molar-refractivity contribution < 1.29 is 55.3 Å². The smallest absolute Gasteiger partial charge is 0.408 e. The molecule has 3 N–H and O–H groups in total. The van der Waals surface area contributed by atoms with E-state index in [9.17, 15) is 31.6 Å². The van der Waals surface area contributed by atoms with Crippen molar-refractivity contribution in [1.82, 2.24) is 30.2 Å². The highest BCUT2D eigenvalue weighted by atomic mass is 32.2. The zero-order chi connectivity index (χ0) is 47.9. The summed E-state index contributed by atoms with van der Waals surface area (Å²) in [5.74, 6) is -5.59. The van der Waals surface area contributed by atoms with Crippen LogP contribution in [0.3, 0.4) is 0 Å². The molecule has 7 rings (SSSR count). The lowest BCUT2D eigenvalue weighted by Gasteiger charge is -2.35. The maximum Gasteiger partial charge on any atom is 0.408 e. The summed E-state index contributed by atoms with van der Waals surface area (Å²) < 4.78 is 80.5. The fraction of sp³-hybridized carbons (Fsp3) is 0.574. The Kier molecular flexibility index (Phi) is 13.6. The summed E-state index contributed by atoms with van der Waals surface area (Å²) in [4.78, 5) is 68.0. The summed E-state index contributed by atoms with van der Waals surface area (Å²) in [5.41, 5.74) is -2.93. The number of hydrogen-bond donors (Lipinski definition) is 3. The Morgan fingerprint density at radius 3 is 2.38 bits per heavy atom. The second kappa shape index (κ2) is 18.6. The Bertz CT molecular complexity index is 2480. The first-order chi connectivity index (χ1) is 31.0. The number of allylic oxidation sites excluding steroid dienone is 1. The fourth-order valence-corrected chi connectivity index (χ4v) is 9.92. The average molecular weight is 939 g/mol. The van der Waals surface area contributed by atoms with E-state index in [1.165, 1.54) is 4.90 Å². The number of alkyl halides is 2. The number of sulfonamides is 1. The van der Waals surface area contributed by atoms with Crippen LogP contribution in [0.2, 0.25) is 0 Å². The minimum atomic E-state index is -3.99. The Labute approximate surface area is 384 Å². The van der Waals surface area contributed by atoms with Gasteiger partial charge in [0.1, 0.15) is 35.2 Å². The molecule has 1 aromatic carbocycles. The molecule has 0 bridgehead atoms. The number of hydrogen-bond acceptors (Lipinski definition) is 12. The molecule has 0 unspecified atom stereocenters. The number of rotatable bonds is 12. The van der Waals surface area contributed by atoms with Crippen LogP contribution in [0.1, 0.15) is 93.4 Å².